The number of halogens is 2. The second-order valence-electron chi connectivity index (χ2n) is 11.4. The van der Waals surface area contributed by atoms with Crippen LogP contribution in [0.3, 0.4) is 0 Å². The standard InChI is InChI=1S/C34H34ClFN6O3/c35-31-16-28(9-11-33(31)45-20-22-2-1-3-25(36)14-22)40-34-30-15-23(4-10-32(30)38-21-39-34)24-12-13-42(18-24)19-29(43)17-37-26-5-7-27(41-44)8-6-26/h1-4,9-16,18,21,26-27,29,37,43H,5-8,17,19-20H2,(H,38,39,40). The first kappa shape index (κ1) is 30.6. The number of fused-ring (bicyclic) bond motifs is 1. The summed E-state index contributed by atoms with van der Waals surface area (Å²) >= 11 is 6.52. The summed E-state index contributed by atoms with van der Waals surface area (Å²) in [6.07, 6.45) is 8.38. The Morgan fingerprint density at radius 3 is 2.71 bits per heavy atom. The third kappa shape index (κ3) is 7.83. The Bertz CT molecular complexity index is 1770. The van der Waals surface area contributed by atoms with Crippen molar-refractivity contribution >= 4 is 34.0 Å². The van der Waals surface area contributed by atoms with Crippen molar-refractivity contribution in [2.75, 3.05) is 11.9 Å². The smallest absolute Gasteiger partial charge is 0.141 e. The number of nitrogens with zero attached hydrogens (tertiary/aromatic N) is 4. The second-order valence-corrected chi connectivity index (χ2v) is 11.8. The molecule has 0 spiro atoms. The second kappa shape index (κ2) is 14.2. The predicted molar refractivity (Wildman–Crippen MR) is 174 cm³/mol. The number of benzene rings is 3. The van der Waals surface area contributed by atoms with Crippen LogP contribution in [0.5, 0.6) is 5.75 Å². The minimum atomic E-state index is -0.544. The maximum absolute atomic E-state index is 13.5. The Hall–Kier alpha value is -4.38. The maximum Gasteiger partial charge on any atom is 0.141 e. The highest BCUT2D eigenvalue weighted by molar-refractivity contribution is 6.32. The Morgan fingerprint density at radius 1 is 1.04 bits per heavy atom. The highest BCUT2D eigenvalue weighted by atomic mass is 35.5. The fourth-order valence-electron chi connectivity index (χ4n) is 5.68. The normalized spacial score (nSPS) is 17.2. The molecule has 0 radical (unpaired) electrons. The summed E-state index contributed by atoms with van der Waals surface area (Å²) in [7, 11) is 0. The van der Waals surface area contributed by atoms with E-state index in [-0.39, 0.29) is 18.5 Å². The molecule has 2 heterocycles. The van der Waals surface area contributed by atoms with Crippen molar-refractivity contribution in [1.29, 1.82) is 0 Å². The summed E-state index contributed by atoms with van der Waals surface area (Å²) in [5.41, 5.74) is 4.23. The van der Waals surface area contributed by atoms with Gasteiger partial charge in [-0.3, -0.25) is 0 Å². The molecule has 0 saturated heterocycles. The molecular formula is C34H34ClFN6O3. The molecule has 0 bridgehead atoms. The molecule has 1 atom stereocenters. The summed E-state index contributed by atoms with van der Waals surface area (Å²) in [5.74, 6) is 0.808. The minimum Gasteiger partial charge on any atom is -0.487 e. The molecule has 45 heavy (non-hydrogen) atoms. The number of nitrogens with one attached hydrogen (secondary N) is 2. The van der Waals surface area contributed by atoms with Gasteiger partial charge in [0.15, 0.2) is 0 Å². The Morgan fingerprint density at radius 2 is 1.91 bits per heavy atom. The van der Waals surface area contributed by atoms with Crippen LogP contribution in [0.4, 0.5) is 15.9 Å². The van der Waals surface area contributed by atoms with Gasteiger partial charge in [-0.25, -0.2) is 14.4 Å². The molecular weight excluding hydrogens is 595 g/mol. The number of anilines is 2. The van der Waals surface area contributed by atoms with Crippen LogP contribution in [0, 0.1) is 10.7 Å². The Kier molecular flexibility index (Phi) is 9.63. The molecule has 11 heteroatoms. The molecule has 0 aliphatic heterocycles. The van der Waals surface area contributed by atoms with Crippen LogP contribution in [0.25, 0.3) is 22.0 Å². The predicted octanol–water partition coefficient (Wildman–Crippen LogP) is 7.24. The number of aliphatic hydroxyl groups excluding tert-OH is 1. The summed E-state index contributed by atoms with van der Waals surface area (Å²) in [5, 5.41) is 21.9. The number of aromatic nitrogens is 3. The Labute approximate surface area is 265 Å². The van der Waals surface area contributed by atoms with E-state index in [1.165, 1.54) is 18.5 Å². The molecule has 9 nitrogen and oxygen atoms in total. The summed E-state index contributed by atoms with van der Waals surface area (Å²) in [6, 6.07) is 19.9. The van der Waals surface area contributed by atoms with Crippen molar-refractivity contribution in [1.82, 2.24) is 19.9 Å². The third-order valence-corrected chi connectivity index (χ3v) is 8.40. The van der Waals surface area contributed by atoms with Crippen LogP contribution in [0.15, 0.2) is 90.6 Å². The number of nitroso groups, excluding NO2 is 1. The van der Waals surface area contributed by atoms with Gasteiger partial charge >= 0.3 is 0 Å². The molecule has 1 unspecified atom stereocenters. The van der Waals surface area contributed by atoms with Gasteiger partial charge < -0.3 is 25.0 Å². The first-order valence-corrected chi connectivity index (χ1v) is 15.4. The van der Waals surface area contributed by atoms with Crippen LogP contribution >= 0.6 is 11.6 Å². The lowest BCUT2D eigenvalue weighted by Gasteiger charge is -2.26. The molecule has 6 rings (SSSR count). The molecule has 1 aliphatic rings. The third-order valence-electron chi connectivity index (χ3n) is 8.11. The van der Waals surface area contributed by atoms with Gasteiger partial charge in [0.2, 0.25) is 0 Å². The van der Waals surface area contributed by atoms with E-state index in [4.69, 9.17) is 16.3 Å². The summed E-state index contributed by atoms with van der Waals surface area (Å²) in [4.78, 5) is 19.7. The number of hydrogen-bond donors (Lipinski definition) is 3. The van der Waals surface area contributed by atoms with Crippen molar-refractivity contribution in [3.8, 4) is 16.9 Å². The van der Waals surface area contributed by atoms with E-state index in [0.29, 0.717) is 41.3 Å². The molecule has 3 aromatic carbocycles. The SMILES string of the molecule is O=NC1CCC(NCC(O)Cn2ccc(-c3ccc4ncnc(Nc5ccc(OCc6cccc(F)c6)c(Cl)c5)c4c3)c2)CC1. The van der Waals surface area contributed by atoms with Crippen molar-refractivity contribution in [2.45, 2.75) is 57.0 Å². The lowest BCUT2D eigenvalue weighted by Crippen LogP contribution is -2.39. The zero-order valence-corrected chi connectivity index (χ0v) is 25.3. The molecule has 2 aromatic heterocycles. The summed E-state index contributed by atoms with van der Waals surface area (Å²) < 4.78 is 21.3. The lowest BCUT2D eigenvalue weighted by atomic mass is 9.92. The van der Waals surface area contributed by atoms with E-state index in [0.717, 1.165) is 53.4 Å². The van der Waals surface area contributed by atoms with E-state index >= 15 is 0 Å². The Balaban J connectivity index is 1.10. The topological polar surface area (TPSA) is 114 Å². The highest BCUT2D eigenvalue weighted by Gasteiger charge is 2.22. The molecule has 232 valence electrons. The van der Waals surface area contributed by atoms with Gasteiger partial charge in [-0.1, -0.05) is 35.0 Å². The monoisotopic (exact) mass is 628 g/mol. The van der Waals surface area contributed by atoms with E-state index < -0.39 is 6.10 Å². The average molecular weight is 629 g/mol. The molecule has 3 N–H and O–H groups in total. The van der Waals surface area contributed by atoms with Crippen molar-refractivity contribution in [3.63, 3.8) is 0 Å². The number of ether oxygens (including phenoxy) is 1. The van der Waals surface area contributed by atoms with Crippen LogP contribution in [-0.4, -0.2) is 44.4 Å². The van der Waals surface area contributed by atoms with Crippen LogP contribution < -0.4 is 15.4 Å². The van der Waals surface area contributed by atoms with Gasteiger partial charge in [-0.15, -0.1) is 0 Å². The van der Waals surface area contributed by atoms with Gasteiger partial charge in [0.05, 0.1) is 22.7 Å². The molecule has 1 saturated carbocycles. The fraction of sp³-hybridized carbons (Fsp3) is 0.294. The lowest BCUT2D eigenvalue weighted by molar-refractivity contribution is 0.143. The van der Waals surface area contributed by atoms with Crippen molar-refractivity contribution in [2.24, 2.45) is 5.18 Å². The first-order valence-electron chi connectivity index (χ1n) is 15.0. The number of aliphatic hydroxyl groups is 1. The highest BCUT2D eigenvalue weighted by Crippen LogP contribution is 2.32. The molecule has 5 aromatic rings. The van der Waals surface area contributed by atoms with Crippen LogP contribution in [-0.2, 0) is 13.2 Å². The number of hydrogen-bond acceptors (Lipinski definition) is 8. The quantitative estimate of drug-likeness (QED) is 0.125. The van der Waals surface area contributed by atoms with Gasteiger partial charge in [0.1, 0.15) is 30.3 Å². The fourth-order valence-corrected chi connectivity index (χ4v) is 5.91. The molecule has 0 amide bonds. The van der Waals surface area contributed by atoms with Gasteiger partial charge in [-0.05, 0) is 90.9 Å². The minimum absolute atomic E-state index is 0.0646. The first-order chi connectivity index (χ1) is 21.9. The largest absolute Gasteiger partial charge is 0.487 e. The molecule has 1 fully saturated rings. The zero-order chi connectivity index (χ0) is 31.2. The maximum atomic E-state index is 13.5. The van der Waals surface area contributed by atoms with Crippen molar-refractivity contribution < 1.29 is 14.2 Å². The summed E-state index contributed by atoms with van der Waals surface area (Å²) in [6.45, 7) is 1.15. The van der Waals surface area contributed by atoms with Crippen molar-refractivity contribution in [3.05, 3.63) is 107 Å². The van der Waals surface area contributed by atoms with Gasteiger partial charge in [0, 0.05) is 42.6 Å². The average Bonchev–Trinajstić information content (AvgIpc) is 3.52. The van der Waals surface area contributed by atoms with Gasteiger partial charge in [0.25, 0.3) is 0 Å². The number of rotatable bonds is 12. The molecule has 1 aliphatic carbocycles. The van der Waals surface area contributed by atoms with E-state index in [2.05, 4.69) is 25.8 Å². The zero-order valence-electron chi connectivity index (χ0n) is 24.6. The van der Waals surface area contributed by atoms with Crippen LogP contribution in [0.2, 0.25) is 5.02 Å². The van der Waals surface area contributed by atoms with E-state index in [9.17, 15) is 14.4 Å². The van der Waals surface area contributed by atoms with Crippen LogP contribution in [0.1, 0.15) is 31.2 Å². The van der Waals surface area contributed by atoms with E-state index in [1.807, 2.05) is 47.3 Å². The van der Waals surface area contributed by atoms with Gasteiger partial charge in [-0.2, -0.15) is 4.91 Å². The van der Waals surface area contributed by atoms with E-state index in [1.54, 1.807) is 24.3 Å².